The van der Waals surface area contributed by atoms with Gasteiger partial charge in [-0.05, 0) is 54.4 Å². The Morgan fingerprint density at radius 2 is 1.68 bits per heavy atom. The number of benzene rings is 2. The summed E-state index contributed by atoms with van der Waals surface area (Å²) in [6, 6.07) is 16.5. The molecule has 3 nitrogen and oxygen atoms in total. The molecule has 2 N–H and O–H groups in total. The maximum Gasteiger partial charge on any atom is 0.387 e. The second-order valence-corrected chi connectivity index (χ2v) is 6.50. The van der Waals surface area contributed by atoms with E-state index in [0.717, 1.165) is 6.42 Å². The Hall–Kier alpha value is -2.21. The molecule has 0 radical (unpaired) electrons. The Morgan fingerprint density at radius 1 is 1.04 bits per heavy atom. The molecule has 1 atom stereocenters. The van der Waals surface area contributed by atoms with Gasteiger partial charge in [-0.15, -0.1) is 0 Å². The molecule has 0 saturated carbocycles. The van der Waals surface area contributed by atoms with Crippen molar-refractivity contribution in [2.24, 2.45) is 5.92 Å². The highest BCUT2D eigenvalue weighted by Gasteiger charge is 2.14. The molecule has 0 amide bonds. The smallest absolute Gasteiger partial charge is 0.387 e. The summed E-state index contributed by atoms with van der Waals surface area (Å²) in [6.45, 7) is 1.50. The summed E-state index contributed by atoms with van der Waals surface area (Å²) >= 11 is 5.39. The number of hydrogen-bond donors (Lipinski definition) is 2. The molecule has 134 valence electrons. The third-order valence-electron chi connectivity index (χ3n) is 3.55. The van der Waals surface area contributed by atoms with Gasteiger partial charge in [0.1, 0.15) is 5.75 Å². The predicted octanol–water partition coefficient (Wildman–Crippen LogP) is 5.36. The van der Waals surface area contributed by atoms with E-state index in [1.807, 2.05) is 18.2 Å². The molecule has 0 heterocycles. The highest BCUT2D eigenvalue weighted by atomic mass is 32.1. The lowest BCUT2D eigenvalue weighted by Gasteiger charge is -2.23. The monoisotopic (exact) mass is 364 g/mol. The zero-order valence-electron chi connectivity index (χ0n) is 14.2. The average Bonchev–Trinajstić information content (AvgIpc) is 2.56. The lowest BCUT2D eigenvalue weighted by molar-refractivity contribution is -0.0498. The summed E-state index contributed by atoms with van der Waals surface area (Å²) in [5.41, 5.74) is 1.87. The number of hydrogen-bond acceptors (Lipinski definition) is 2. The van der Waals surface area contributed by atoms with Crippen LogP contribution in [0.5, 0.6) is 5.75 Å². The predicted molar refractivity (Wildman–Crippen MR) is 101 cm³/mol. The van der Waals surface area contributed by atoms with Crippen LogP contribution < -0.4 is 15.4 Å². The molecule has 0 unspecified atom stereocenters. The quantitative estimate of drug-likeness (QED) is 0.648. The van der Waals surface area contributed by atoms with Crippen molar-refractivity contribution in [1.82, 2.24) is 5.32 Å². The number of ether oxygens (including phenoxy) is 1. The van der Waals surface area contributed by atoms with Gasteiger partial charge in [-0.2, -0.15) is 8.78 Å². The molecule has 0 spiro atoms. The second kappa shape index (κ2) is 9.32. The Morgan fingerprint density at radius 3 is 2.24 bits per heavy atom. The van der Waals surface area contributed by atoms with Crippen LogP contribution in [0.15, 0.2) is 54.6 Å². The lowest BCUT2D eigenvalue weighted by Crippen LogP contribution is -2.33. The van der Waals surface area contributed by atoms with Gasteiger partial charge in [0.05, 0.1) is 6.04 Å². The number of rotatable bonds is 7. The fraction of sp³-hybridized carbons (Fsp3) is 0.316. The first-order valence-electron chi connectivity index (χ1n) is 8.11. The molecule has 2 rings (SSSR count). The van der Waals surface area contributed by atoms with Crippen molar-refractivity contribution in [2.45, 2.75) is 32.9 Å². The summed E-state index contributed by atoms with van der Waals surface area (Å²) in [6.07, 6.45) is 0.937. The van der Waals surface area contributed by atoms with Crippen LogP contribution in [0, 0.1) is 5.92 Å². The van der Waals surface area contributed by atoms with E-state index in [1.54, 1.807) is 12.1 Å². The Labute approximate surface area is 152 Å². The molecule has 0 bridgehead atoms. The van der Waals surface area contributed by atoms with Crippen LogP contribution in [0.3, 0.4) is 0 Å². The normalized spacial score (nSPS) is 12.1. The molecule has 0 aliphatic heterocycles. The van der Waals surface area contributed by atoms with E-state index in [1.165, 1.54) is 17.7 Å². The van der Waals surface area contributed by atoms with E-state index in [9.17, 15) is 8.78 Å². The van der Waals surface area contributed by atoms with E-state index in [-0.39, 0.29) is 11.8 Å². The van der Waals surface area contributed by atoms with Crippen molar-refractivity contribution in [3.8, 4) is 5.75 Å². The van der Waals surface area contributed by atoms with Crippen molar-refractivity contribution < 1.29 is 13.5 Å². The Balaban J connectivity index is 1.98. The van der Waals surface area contributed by atoms with Crippen molar-refractivity contribution in [2.75, 3.05) is 5.32 Å². The van der Waals surface area contributed by atoms with E-state index < -0.39 is 6.61 Å². The molecule has 0 aromatic heterocycles. The van der Waals surface area contributed by atoms with Crippen LogP contribution in [0.2, 0.25) is 0 Å². The van der Waals surface area contributed by atoms with E-state index >= 15 is 0 Å². The van der Waals surface area contributed by atoms with Gasteiger partial charge in [0.25, 0.3) is 0 Å². The maximum atomic E-state index is 12.2. The Kier molecular flexibility index (Phi) is 7.13. The van der Waals surface area contributed by atoms with E-state index in [0.29, 0.717) is 16.7 Å². The first kappa shape index (κ1) is 19.1. The molecule has 2 aromatic rings. The molecule has 2 aromatic carbocycles. The van der Waals surface area contributed by atoms with Crippen molar-refractivity contribution in [1.29, 1.82) is 0 Å². The van der Waals surface area contributed by atoms with Gasteiger partial charge in [-0.25, -0.2) is 0 Å². The second-order valence-electron chi connectivity index (χ2n) is 6.09. The van der Waals surface area contributed by atoms with E-state index in [4.69, 9.17) is 12.2 Å². The van der Waals surface area contributed by atoms with Crippen LogP contribution in [0.25, 0.3) is 0 Å². The van der Waals surface area contributed by atoms with Crippen LogP contribution in [0.1, 0.15) is 31.9 Å². The fourth-order valence-corrected chi connectivity index (χ4v) is 2.74. The summed E-state index contributed by atoms with van der Waals surface area (Å²) in [7, 11) is 0. The molecular weight excluding hydrogens is 342 g/mol. The lowest BCUT2D eigenvalue weighted by atomic mass is 9.97. The van der Waals surface area contributed by atoms with Gasteiger partial charge in [-0.1, -0.05) is 44.2 Å². The average molecular weight is 364 g/mol. The summed E-state index contributed by atoms with van der Waals surface area (Å²) in [5, 5.41) is 6.89. The van der Waals surface area contributed by atoms with Gasteiger partial charge in [0.15, 0.2) is 5.11 Å². The Bertz CT molecular complexity index is 663. The van der Waals surface area contributed by atoms with Gasteiger partial charge >= 0.3 is 6.61 Å². The zero-order chi connectivity index (χ0) is 18.2. The minimum atomic E-state index is -2.83. The number of anilines is 1. The molecule has 6 heteroatoms. The van der Waals surface area contributed by atoms with E-state index in [2.05, 4.69) is 41.4 Å². The largest absolute Gasteiger partial charge is 0.435 e. The van der Waals surface area contributed by atoms with Crippen LogP contribution in [-0.2, 0) is 0 Å². The SMILES string of the molecule is CC(C)C[C@@H](NC(=S)Nc1ccc(OC(F)F)cc1)c1ccccc1. The number of halogens is 2. The first-order valence-corrected chi connectivity index (χ1v) is 8.52. The highest BCUT2D eigenvalue weighted by molar-refractivity contribution is 7.80. The number of thiocarbonyl (C=S) groups is 1. The van der Waals surface area contributed by atoms with Crippen LogP contribution >= 0.6 is 12.2 Å². The minimum Gasteiger partial charge on any atom is -0.435 e. The molecule has 0 fully saturated rings. The maximum absolute atomic E-state index is 12.2. The molecular formula is C19H22F2N2OS. The van der Waals surface area contributed by atoms with Gasteiger partial charge in [0.2, 0.25) is 0 Å². The third-order valence-corrected chi connectivity index (χ3v) is 3.77. The number of nitrogens with one attached hydrogen (secondary N) is 2. The fourth-order valence-electron chi connectivity index (χ4n) is 2.48. The summed E-state index contributed by atoms with van der Waals surface area (Å²) < 4.78 is 28.7. The first-order chi connectivity index (χ1) is 11.9. The van der Waals surface area contributed by atoms with Crippen molar-refractivity contribution in [3.63, 3.8) is 0 Å². The zero-order valence-corrected chi connectivity index (χ0v) is 15.0. The van der Waals surface area contributed by atoms with Gasteiger partial charge in [0, 0.05) is 5.69 Å². The van der Waals surface area contributed by atoms with Crippen LogP contribution in [-0.4, -0.2) is 11.7 Å². The van der Waals surface area contributed by atoms with Gasteiger partial charge in [-0.3, -0.25) is 0 Å². The highest BCUT2D eigenvalue weighted by Crippen LogP contribution is 2.22. The number of alkyl halides is 2. The third kappa shape index (κ3) is 6.66. The molecule has 0 aliphatic carbocycles. The summed E-state index contributed by atoms with van der Waals surface area (Å²) in [5.74, 6) is 0.618. The standard InChI is InChI=1S/C19H22F2N2OS/c1-13(2)12-17(14-6-4-3-5-7-14)23-19(25)22-15-8-10-16(11-9-15)24-18(20)21/h3-11,13,17-18H,12H2,1-2H3,(H2,22,23,25)/t17-/m1/s1. The molecule has 0 saturated heterocycles. The van der Waals surface area contributed by atoms with Crippen molar-refractivity contribution >= 4 is 23.0 Å². The minimum absolute atomic E-state index is 0.0997. The van der Waals surface area contributed by atoms with Crippen molar-refractivity contribution in [3.05, 3.63) is 60.2 Å². The topological polar surface area (TPSA) is 33.3 Å². The molecule has 25 heavy (non-hydrogen) atoms. The van der Waals surface area contributed by atoms with Crippen LogP contribution in [0.4, 0.5) is 14.5 Å². The summed E-state index contributed by atoms with van der Waals surface area (Å²) in [4.78, 5) is 0. The molecule has 0 aliphatic rings. The van der Waals surface area contributed by atoms with Gasteiger partial charge < -0.3 is 15.4 Å².